The Morgan fingerprint density at radius 2 is 2.00 bits per heavy atom. The number of H-pyrrole nitrogens is 1. The third kappa shape index (κ3) is 3.65. The summed E-state index contributed by atoms with van der Waals surface area (Å²) >= 11 is 0. The van der Waals surface area contributed by atoms with Gasteiger partial charge in [-0.3, -0.25) is 9.88 Å². The molecule has 2 aliphatic heterocycles. The second-order valence-corrected chi connectivity index (χ2v) is 8.46. The average molecular weight is 391 g/mol. The van der Waals surface area contributed by atoms with Crippen molar-refractivity contribution >= 4 is 5.69 Å². The topological polar surface area (TPSA) is 48.1 Å². The van der Waals surface area contributed by atoms with Crippen molar-refractivity contribution in [1.82, 2.24) is 19.9 Å². The summed E-state index contributed by atoms with van der Waals surface area (Å²) in [5.41, 5.74) is 2.22. The number of fused-ring (bicyclic) bond motifs is 1. The zero-order valence-electron chi connectivity index (χ0n) is 16.5. The van der Waals surface area contributed by atoms with Gasteiger partial charge >= 0.3 is 0 Å². The zero-order valence-corrected chi connectivity index (χ0v) is 16.5. The number of likely N-dealkylation sites (tertiary alicyclic amines) is 1. The molecule has 3 aromatic rings. The van der Waals surface area contributed by atoms with Gasteiger partial charge in [-0.1, -0.05) is 30.3 Å². The van der Waals surface area contributed by atoms with Crippen LogP contribution in [0.5, 0.6) is 0 Å². The molecule has 2 atom stereocenters. The maximum Gasteiger partial charge on any atom is 0.164 e. The molecule has 2 aliphatic rings. The molecule has 0 amide bonds. The Morgan fingerprint density at radius 1 is 1.10 bits per heavy atom. The average Bonchev–Trinajstić information content (AvgIpc) is 3.43. The van der Waals surface area contributed by atoms with E-state index in [4.69, 9.17) is 0 Å². The summed E-state index contributed by atoms with van der Waals surface area (Å²) < 4.78 is 14.4. The first-order valence-electron chi connectivity index (χ1n) is 10.3. The first-order valence-corrected chi connectivity index (χ1v) is 10.3. The Kier molecular flexibility index (Phi) is 4.79. The summed E-state index contributed by atoms with van der Waals surface area (Å²) in [5, 5.41) is 0. The molecule has 0 radical (unpaired) electrons. The number of aryl methyl sites for hydroxylation is 1. The van der Waals surface area contributed by atoms with Crippen LogP contribution in [0.4, 0.5) is 10.1 Å². The van der Waals surface area contributed by atoms with E-state index in [1.54, 1.807) is 6.20 Å². The van der Waals surface area contributed by atoms with E-state index in [0.717, 1.165) is 51.4 Å². The number of pyridine rings is 1. The predicted molar refractivity (Wildman–Crippen MR) is 111 cm³/mol. The van der Waals surface area contributed by atoms with Crippen LogP contribution in [0, 0.1) is 17.2 Å². The smallest absolute Gasteiger partial charge is 0.164 e. The van der Waals surface area contributed by atoms with Gasteiger partial charge in [-0.15, -0.1) is 0 Å². The second-order valence-electron chi connectivity index (χ2n) is 8.46. The number of nitrogens with zero attached hydrogens (tertiary/aromatic N) is 4. The van der Waals surface area contributed by atoms with Crippen LogP contribution < -0.4 is 4.90 Å². The zero-order chi connectivity index (χ0) is 19.7. The summed E-state index contributed by atoms with van der Waals surface area (Å²) in [6.07, 6.45) is 8.87. The minimum atomic E-state index is -0.224. The fourth-order valence-electron chi connectivity index (χ4n) is 5.21. The first-order chi connectivity index (χ1) is 14.2. The van der Waals surface area contributed by atoms with Gasteiger partial charge in [0.2, 0.25) is 0 Å². The van der Waals surface area contributed by atoms with Crippen molar-refractivity contribution in [3.05, 3.63) is 78.4 Å². The minimum Gasteiger partial charge on any atom is -0.368 e. The molecule has 0 saturated carbocycles. The maximum atomic E-state index is 14.4. The van der Waals surface area contributed by atoms with Crippen LogP contribution in [-0.2, 0) is 13.0 Å². The van der Waals surface area contributed by atoms with E-state index in [1.165, 1.54) is 11.8 Å². The van der Waals surface area contributed by atoms with Crippen LogP contribution in [0.2, 0.25) is 0 Å². The molecule has 2 aromatic heterocycles. The number of aromatic nitrogens is 3. The largest absolute Gasteiger partial charge is 0.368 e. The van der Waals surface area contributed by atoms with Crippen LogP contribution in [0.1, 0.15) is 17.8 Å². The third-order valence-electron chi connectivity index (χ3n) is 6.60. The van der Waals surface area contributed by atoms with Crippen LogP contribution in [0.25, 0.3) is 0 Å². The van der Waals surface area contributed by atoms with E-state index in [9.17, 15) is 4.39 Å². The fourth-order valence-corrected chi connectivity index (χ4v) is 5.21. The number of rotatable bonds is 6. The molecule has 1 N–H and O–H groups in total. The SMILES string of the molecule is Fc1cnccc1N1CC2CN(Cc3ncc[nH]3)CC2(CCc2ccccc2)C1. The molecule has 1 aromatic carbocycles. The van der Waals surface area contributed by atoms with E-state index >= 15 is 0 Å². The Bertz CT molecular complexity index is 945. The van der Waals surface area contributed by atoms with Gasteiger partial charge in [0.25, 0.3) is 0 Å². The molecule has 6 heteroatoms. The first kappa shape index (κ1) is 18.3. The molecule has 0 bridgehead atoms. The van der Waals surface area contributed by atoms with Crippen molar-refractivity contribution < 1.29 is 4.39 Å². The van der Waals surface area contributed by atoms with Gasteiger partial charge in [0.1, 0.15) is 5.82 Å². The second kappa shape index (κ2) is 7.59. The monoisotopic (exact) mass is 391 g/mol. The van der Waals surface area contributed by atoms with Crippen molar-refractivity contribution in [1.29, 1.82) is 0 Å². The molecular formula is C23H26FN5. The van der Waals surface area contributed by atoms with E-state index in [-0.39, 0.29) is 11.2 Å². The normalized spacial score (nSPS) is 24.2. The summed E-state index contributed by atoms with van der Waals surface area (Å²) in [7, 11) is 0. The molecule has 0 spiro atoms. The number of imidazole rings is 1. The highest BCUT2D eigenvalue weighted by Gasteiger charge is 2.52. The highest BCUT2D eigenvalue weighted by molar-refractivity contribution is 5.48. The fraction of sp³-hybridized carbons (Fsp3) is 0.391. The van der Waals surface area contributed by atoms with Gasteiger partial charge in [0, 0.05) is 50.2 Å². The standard InChI is InChI=1S/C23H26FN5/c24-20-12-25-9-7-21(20)29-14-19-13-28(15-22-26-10-11-27-22)16-23(19,17-29)8-6-18-4-2-1-3-5-18/h1-5,7,9-12,19H,6,8,13-17H2,(H,26,27). The molecule has 0 aliphatic carbocycles. The summed E-state index contributed by atoms with van der Waals surface area (Å²) in [5.74, 6) is 1.31. The van der Waals surface area contributed by atoms with Crippen molar-refractivity contribution in [2.75, 3.05) is 31.1 Å². The molecule has 2 saturated heterocycles. The quantitative estimate of drug-likeness (QED) is 0.699. The molecule has 5 rings (SSSR count). The lowest BCUT2D eigenvalue weighted by molar-refractivity contribution is 0.238. The molecule has 2 fully saturated rings. The van der Waals surface area contributed by atoms with Crippen molar-refractivity contribution in [2.45, 2.75) is 19.4 Å². The van der Waals surface area contributed by atoms with E-state index in [1.807, 2.05) is 18.5 Å². The van der Waals surface area contributed by atoms with E-state index in [0.29, 0.717) is 11.6 Å². The highest BCUT2D eigenvalue weighted by atomic mass is 19.1. The Morgan fingerprint density at radius 3 is 2.79 bits per heavy atom. The van der Waals surface area contributed by atoms with Gasteiger partial charge in [0.05, 0.1) is 18.4 Å². The van der Waals surface area contributed by atoms with Crippen molar-refractivity contribution in [2.24, 2.45) is 11.3 Å². The Hall–Kier alpha value is -2.73. The lowest BCUT2D eigenvalue weighted by Gasteiger charge is -2.30. The van der Waals surface area contributed by atoms with Crippen LogP contribution in [-0.4, -0.2) is 46.0 Å². The number of hydrogen-bond acceptors (Lipinski definition) is 4. The summed E-state index contributed by atoms with van der Waals surface area (Å²) in [6.45, 7) is 4.68. The number of benzene rings is 1. The van der Waals surface area contributed by atoms with Crippen LogP contribution >= 0.6 is 0 Å². The molecule has 5 nitrogen and oxygen atoms in total. The predicted octanol–water partition coefficient (Wildman–Crippen LogP) is 3.52. The number of halogens is 1. The van der Waals surface area contributed by atoms with Gasteiger partial charge in [-0.05, 0) is 30.4 Å². The Labute approximate surface area is 170 Å². The lowest BCUT2D eigenvalue weighted by Crippen LogP contribution is -2.35. The number of aromatic amines is 1. The van der Waals surface area contributed by atoms with Crippen LogP contribution in [0.3, 0.4) is 0 Å². The summed E-state index contributed by atoms with van der Waals surface area (Å²) in [4.78, 5) is 16.3. The lowest BCUT2D eigenvalue weighted by atomic mass is 9.76. The minimum absolute atomic E-state index is 0.165. The van der Waals surface area contributed by atoms with Crippen LogP contribution in [0.15, 0.2) is 61.2 Å². The van der Waals surface area contributed by atoms with Crippen molar-refractivity contribution in [3.63, 3.8) is 0 Å². The van der Waals surface area contributed by atoms with Gasteiger partial charge in [-0.2, -0.15) is 0 Å². The van der Waals surface area contributed by atoms with Crippen molar-refractivity contribution in [3.8, 4) is 0 Å². The van der Waals surface area contributed by atoms with Gasteiger partial charge in [-0.25, -0.2) is 9.37 Å². The Balaban J connectivity index is 1.37. The highest BCUT2D eigenvalue weighted by Crippen LogP contribution is 2.47. The third-order valence-corrected chi connectivity index (χ3v) is 6.60. The summed E-state index contributed by atoms with van der Waals surface area (Å²) in [6, 6.07) is 12.5. The number of nitrogens with one attached hydrogen (secondary N) is 1. The van der Waals surface area contributed by atoms with Gasteiger partial charge < -0.3 is 9.88 Å². The van der Waals surface area contributed by atoms with E-state index < -0.39 is 0 Å². The molecule has 150 valence electrons. The molecular weight excluding hydrogens is 365 g/mol. The number of anilines is 1. The van der Waals surface area contributed by atoms with E-state index in [2.05, 4.69) is 55.1 Å². The number of hydrogen-bond donors (Lipinski definition) is 1. The van der Waals surface area contributed by atoms with Gasteiger partial charge in [0.15, 0.2) is 5.82 Å². The molecule has 2 unspecified atom stereocenters. The maximum absolute atomic E-state index is 14.4. The molecule has 4 heterocycles. The molecule has 29 heavy (non-hydrogen) atoms.